The van der Waals surface area contributed by atoms with Crippen LogP contribution in [0, 0.1) is 29.6 Å². The maximum absolute atomic E-state index is 10.8. The highest BCUT2D eigenvalue weighted by Crippen LogP contribution is 2.59. The van der Waals surface area contributed by atoms with Gasteiger partial charge < -0.3 is 5.11 Å². The SMILES string of the molecule is OC(c1cc(Cl)c(Br)s1)C1C2CC3CC(C2)CC1C3. The van der Waals surface area contributed by atoms with E-state index in [-0.39, 0.29) is 6.10 Å². The molecule has 0 amide bonds. The number of aliphatic hydroxyl groups excluding tert-OH is 1. The summed E-state index contributed by atoms with van der Waals surface area (Å²) < 4.78 is 0.951. The van der Waals surface area contributed by atoms with Crippen molar-refractivity contribution < 1.29 is 5.11 Å². The maximum atomic E-state index is 10.8. The summed E-state index contributed by atoms with van der Waals surface area (Å²) in [6.07, 6.45) is 6.59. The second kappa shape index (κ2) is 4.72. The largest absolute Gasteiger partial charge is 0.387 e. The second-order valence-corrected chi connectivity index (χ2v) is 9.53. The number of thiophene rings is 1. The van der Waals surface area contributed by atoms with Crippen molar-refractivity contribution in [3.63, 3.8) is 0 Å². The van der Waals surface area contributed by atoms with Crippen molar-refractivity contribution in [2.75, 3.05) is 0 Å². The van der Waals surface area contributed by atoms with E-state index in [1.165, 1.54) is 32.1 Å². The minimum atomic E-state index is -0.302. The lowest BCUT2D eigenvalue weighted by Gasteiger charge is -2.55. The molecule has 4 heteroatoms. The molecule has 0 aliphatic heterocycles. The number of rotatable bonds is 2. The van der Waals surface area contributed by atoms with Crippen LogP contribution in [0.4, 0.5) is 0 Å². The van der Waals surface area contributed by atoms with E-state index in [0.29, 0.717) is 5.92 Å². The molecule has 0 spiro atoms. The molecule has 5 rings (SSSR count). The van der Waals surface area contributed by atoms with Gasteiger partial charge in [-0.3, -0.25) is 0 Å². The standard InChI is InChI=1S/C15H18BrClOS/c16-15-11(17)6-12(19-15)14(18)13-9-2-7-1-8(4-9)5-10(13)3-7/h6-10,13-14,18H,1-5H2. The van der Waals surface area contributed by atoms with Crippen molar-refractivity contribution in [3.8, 4) is 0 Å². The molecule has 4 aliphatic rings. The fourth-order valence-corrected chi connectivity index (χ4v) is 6.97. The van der Waals surface area contributed by atoms with E-state index in [1.807, 2.05) is 6.07 Å². The van der Waals surface area contributed by atoms with Crippen LogP contribution >= 0.6 is 38.9 Å². The first kappa shape index (κ1) is 13.1. The quantitative estimate of drug-likeness (QED) is 0.761. The van der Waals surface area contributed by atoms with Crippen LogP contribution in [0.5, 0.6) is 0 Å². The highest BCUT2D eigenvalue weighted by molar-refractivity contribution is 9.11. The normalized spacial score (nSPS) is 41.7. The molecule has 0 saturated heterocycles. The third kappa shape index (κ3) is 2.12. The molecule has 1 atom stereocenters. The van der Waals surface area contributed by atoms with Crippen LogP contribution in [-0.2, 0) is 0 Å². The fourth-order valence-electron chi connectivity index (χ4n) is 5.18. The highest BCUT2D eigenvalue weighted by atomic mass is 79.9. The number of hydrogen-bond donors (Lipinski definition) is 1. The predicted molar refractivity (Wildman–Crippen MR) is 82.5 cm³/mol. The fraction of sp³-hybridized carbons (Fsp3) is 0.733. The van der Waals surface area contributed by atoms with E-state index in [9.17, 15) is 5.11 Å². The van der Waals surface area contributed by atoms with Crippen LogP contribution in [0.25, 0.3) is 0 Å². The van der Waals surface area contributed by atoms with Gasteiger partial charge >= 0.3 is 0 Å². The average Bonchev–Trinajstić information content (AvgIpc) is 2.68. The van der Waals surface area contributed by atoms with Crippen molar-refractivity contribution in [1.82, 2.24) is 0 Å². The van der Waals surface area contributed by atoms with Gasteiger partial charge in [-0.25, -0.2) is 0 Å². The zero-order valence-electron chi connectivity index (χ0n) is 10.7. The molecule has 1 N–H and O–H groups in total. The van der Waals surface area contributed by atoms with Gasteiger partial charge in [0.15, 0.2) is 0 Å². The van der Waals surface area contributed by atoms with Gasteiger partial charge in [0, 0.05) is 4.88 Å². The van der Waals surface area contributed by atoms with Gasteiger partial charge in [0.05, 0.1) is 14.9 Å². The Kier molecular flexibility index (Phi) is 3.26. The molecule has 0 radical (unpaired) electrons. The van der Waals surface area contributed by atoms with Crippen LogP contribution < -0.4 is 0 Å². The van der Waals surface area contributed by atoms with Crippen LogP contribution in [0.15, 0.2) is 9.85 Å². The molecule has 4 saturated carbocycles. The minimum Gasteiger partial charge on any atom is -0.387 e. The summed E-state index contributed by atoms with van der Waals surface area (Å²) >= 11 is 11.2. The lowest BCUT2D eigenvalue weighted by Crippen LogP contribution is -2.47. The van der Waals surface area contributed by atoms with Crippen molar-refractivity contribution in [3.05, 3.63) is 19.8 Å². The third-order valence-electron chi connectivity index (χ3n) is 5.62. The molecule has 1 nitrogen and oxygen atoms in total. The summed E-state index contributed by atoms with van der Waals surface area (Å²) in [6, 6.07) is 1.95. The van der Waals surface area contributed by atoms with Crippen LogP contribution in [0.3, 0.4) is 0 Å². The van der Waals surface area contributed by atoms with E-state index in [4.69, 9.17) is 11.6 Å². The molecule has 4 bridgehead atoms. The van der Waals surface area contributed by atoms with Gasteiger partial charge in [-0.2, -0.15) is 0 Å². The van der Waals surface area contributed by atoms with Crippen LogP contribution in [0.1, 0.15) is 43.1 Å². The monoisotopic (exact) mass is 360 g/mol. The molecule has 1 heterocycles. The summed E-state index contributed by atoms with van der Waals surface area (Å²) in [5.74, 6) is 3.92. The zero-order chi connectivity index (χ0) is 13.1. The van der Waals surface area contributed by atoms with Gasteiger partial charge in [-0.15, -0.1) is 11.3 Å². The first-order valence-electron chi connectivity index (χ1n) is 7.24. The molecule has 1 aromatic heterocycles. The van der Waals surface area contributed by atoms with E-state index >= 15 is 0 Å². The molecule has 1 aromatic rings. The molecular weight excluding hydrogens is 344 g/mol. The first-order chi connectivity index (χ1) is 9.11. The molecular formula is C15H18BrClOS. The molecule has 19 heavy (non-hydrogen) atoms. The van der Waals surface area contributed by atoms with Crippen LogP contribution in [0.2, 0.25) is 5.02 Å². The number of hydrogen-bond acceptors (Lipinski definition) is 2. The number of halogens is 2. The molecule has 0 aromatic carbocycles. The van der Waals surface area contributed by atoms with E-state index in [2.05, 4.69) is 15.9 Å². The van der Waals surface area contributed by atoms with Crippen LogP contribution in [-0.4, -0.2) is 5.11 Å². The summed E-state index contributed by atoms with van der Waals surface area (Å²) in [5.41, 5.74) is 0. The molecule has 104 valence electrons. The third-order valence-corrected chi connectivity index (χ3v) is 8.17. The van der Waals surface area contributed by atoms with Crippen molar-refractivity contribution >= 4 is 38.9 Å². The average molecular weight is 362 g/mol. The molecule has 1 unspecified atom stereocenters. The number of aliphatic hydroxyl groups is 1. The zero-order valence-corrected chi connectivity index (χ0v) is 13.8. The highest BCUT2D eigenvalue weighted by Gasteiger charge is 2.50. The molecule has 4 aliphatic carbocycles. The minimum absolute atomic E-state index is 0.302. The summed E-state index contributed by atoms with van der Waals surface area (Å²) in [7, 11) is 0. The van der Waals surface area contributed by atoms with Crippen molar-refractivity contribution in [2.45, 2.75) is 38.2 Å². The Bertz CT molecular complexity index is 453. The van der Waals surface area contributed by atoms with Gasteiger partial charge in [0.2, 0.25) is 0 Å². The van der Waals surface area contributed by atoms with Gasteiger partial charge in [0.1, 0.15) is 0 Å². The van der Waals surface area contributed by atoms with E-state index in [0.717, 1.165) is 37.4 Å². The lowest BCUT2D eigenvalue weighted by atomic mass is 9.51. The Morgan fingerprint density at radius 3 is 2.21 bits per heavy atom. The van der Waals surface area contributed by atoms with E-state index in [1.54, 1.807) is 11.3 Å². The maximum Gasteiger partial charge on any atom is 0.0916 e. The van der Waals surface area contributed by atoms with Crippen molar-refractivity contribution in [2.24, 2.45) is 29.6 Å². The summed E-state index contributed by atoms with van der Waals surface area (Å²) in [4.78, 5) is 1.05. The van der Waals surface area contributed by atoms with E-state index < -0.39 is 0 Å². The lowest BCUT2D eigenvalue weighted by molar-refractivity contribution is -0.0898. The Labute approximate surface area is 131 Å². The van der Waals surface area contributed by atoms with Crippen molar-refractivity contribution in [1.29, 1.82) is 0 Å². The second-order valence-electron chi connectivity index (χ2n) is 6.72. The Hall–Kier alpha value is 0.430. The van der Waals surface area contributed by atoms with Gasteiger partial charge in [-0.05, 0) is 83.7 Å². The van der Waals surface area contributed by atoms with Gasteiger partial charge in [-0.1, -0.05) is 11.6 Å². The predicted octanol–water partition coefficient (Wildman–Crippen LogP) is 5.27. The Balaban J connectivity index is 1.61. The smallest absolute Gasteiger partial charge is 0.0916 e. The van der Waals surface area contributed by atoms with Gasteiger partial charge in [0.25, 0.3) is 0 Å². The summed E-state index contributed by atoms with van der Waals surface area (Å²) in [5, 5.41) is 11.6. The molecule has 4 fully saturated rings. The topological polar surface area (TPSA) is 20.2 Å². The Morgan fingerprint density at radius 2 is 1.74 bits per heavy atom. The Morgan fingerprint density at radius 1 is 1.16 bits per heavy atom. The first-order valence-corrected chi connectivity index (χ1v) is 9.23. The summed E-state index contributed by atoms with van der Waals surface area (Å²) in [6.45, 7) is 0.